The molecule has 44 heavy (non-hydrogen) atoms. The molecule has 11 heteroatoms. The quantitative estimate of drug-likeness (QED) is 0.161. The highest BCUT2D eigenvalue weighted by atomic mass is 16.5. The first kappa shape index (κ1) is 28.0. The Hall–Kier alpha value is -6.10. The molecular weight excluding hydrogens is 572 g/mol. The molecule has 0 saturated heterocycles. The molecule has 0 amide bonds. The lowest BCUT2D eigenvalue weighted by Crippen LogP contribution is -2.05. The molecule has 0 fully saturated rings. The highest BCUT2D eigenvalue weighted by Crippen LogP contribution is 2.46. The molecule has 6 aromatic rings. The first-order chi connectivity index (χ1) is 21.1. The topological polar surface area (TPSA) is 169 Å². The maximum Gasteiger partial charge on any atom is 0.236 e. The molecule has 4 N–H and O–H groups in total. The predicted octanol–water partition coefficient (Wildman–Crippen LogP) is 5.95. The number of aromatic hydroxyl groups is 4. The Morgan fingerprint density at radius 1 is 0.727 bits per heavy atom. The third kappa shape index (κ3) is 4.47. The fourth-order valence-electron chi connectivity index (χ4n) is 5.12. The van der Waals surface area contributed by atoms with E-state index in [9.17, 15) is 30.0 Å². The summed E-state index contributed by atoms with van der Waals surface area (Å²) in [6.45, 7) is 0. The van der Waals surface area contributed by atoms with Crippen LogP contribution < -0.4 is 19.6 Å². The van der Waals surface area contributed by atoms with Gasteiger partial charge in [0.05, 0.1) is 21.3 Å². The third-order valence-corrected chi connectivity index (χ3v) is 7.21. The van der Waals surface area contributed by atoms with Gasteiger partial charge in [-0.25, -0.2) is 0 Å². The molecule has 0 bridgehead atoms. The zero-order valence-electron chi connectivity index (χ0n) is 23.5. The molecule has 0 saturated carbocycles. The van der Waals surface area contributed by atoms with Crippen LogP contribution in [0, 0.1) is 0 Å². The van der Waals surface area contributed by atoms with Crippen molar-refractivity contribution in [3.8, 4) is 62.7 Å². The molecule has 0 aliphatic heterocycles. The fourth-order valence-corrected chi connectivity index (χ4v) is 5.12. The van der Waals surface area contributed by atoms with Crippen LogP contribution in [0.4, 0.5) is 0 Å². The van der Waals surface area contributed by atoms with E-state index in [1.807, 2.05) is 0 Å². The summed E-state index contributed by atoms with van der Waals surface area (Å²) in [7, 11) is 4.14. The minimum absolute atomic E-state index is 0.00479. The normalized spacial score (nSPS) is 11.2. The number of furan rings is 1. The molecular formula is C33H24O11. The van der Waals surface area contributed by atoms with Crippen LogP contribution in [0.5, 0.6) is 40.2 Å². The van der Waals surface area contributed by atoms with E-state index in [0.29, 0.717) is 16.9 Å². The van der Waals surface area contributed by atoms with Crippen molar-refractivity contribution in [2.24, 2.45) is 0 Å². The monoisotopic (exact) mass is 596 g/mol. The van der Waals surface area contributed by atoms with Crippen molar-refractivity contribution in [1.82, 2.24) is 0 Å². The van der Waals surface area contributed by atoms with Crippen molar-refractivity contribution in [2.75, 3.05) is 21.3 Å². The number of ether oxygens (including phenoxy) is 3. The molecule has 222 valence electrons. The number of carbonyl (C=O) groups is 1. The SMILES string of the molecule is COc1ccc(-c2cc(=O)c3c(O)c4oc(C(=O)c5c(O)cc(O)cc5OC)c(-c5ccc(O)c(OC)c5)c4cc3o2)cc1. The largest absolute Gasteiger partial charge is 0.508 e. The minimum atomic E-state index is -0.862. The smallest absolute Gasteiger partial charge is 0.236 e. The summed E-state index contributed by atoms with van der Waals surface area (Å²) in [5.74, 6) is -2.11. The van der Waals surface area contributed by atoms with Crippen molar-refractivity contribution in [1.29, 1.82) is 0 Å². The van der Waals surface area contributed by atoms with Crippen LogP contribution in [0.1, 0.15) is 16.1 Å². The molecule has 4 aromatic carbocycles. The van der Waals surface area contributed by atoms with Crippen LogP contribution >= 0.6 is 0 Å². The van der Waals surface area contributed by atoms with Crippen LogP contribution in [0.25, 0.3) is 44.4 Å². The zero-order chi connectivity index (χ0) is 31.3. The highest BCUT2D eigenvalue weighted by Gasteiger charge is 2.31. The number of benzene rings is 4. The molecule has 11 nitrogen and oxygen atoms in total. The summed E-state index contributed by atoms with van der Waals surface area (Å²) >= 11 is 0. The van der Waals surface area contributed by atoms with Gasteiger partial charge in [-0.3, -0.25) is 9.59 Å². The first-order valence-electron chi connectivity index (χ1n) is 13.1. The molecule has 0 aliphatic rings. The summed E-state index contributed by atoms with van der Waals surface area (Å²) in [4.78, 5) is 27.3. The Balaban J connectivity index is 1.67. The lowest BCUT2D eigenvalue weighted by atomic mass is 9.96. The van der Waals surface area contributed by atoms with Crippen LogP contribution in [0.2, 0.25) is 0 Å². The molecule has 0 radical (unpaired) electrons. The number of hydrogen-bond donors (Lipinski definition) is 4. The van der Waals surface area contributed by atoms with Gasteiger partial charge in [-0.1, -0.05) is 6.07 Å². The highest BCUT2D eigenvalue weighted by molar-refractivity contribution is 6.20. The standard InChI is InChI=1S/C33H24O11/c1-40-18-7-4-15(5-8-18)23-14-22(37)29-26(43-23)13-19-27(16-6-9-20(35)24(10-16)41-2)33(44-32(19)30(29)38)31(39)28-21(36)11-17(34)12-25(28)42-3/h4-14,34-36,38H,1-3H3. The molecule has 0 atom stereocenters. The average molecular weight is 597 g/mol. The van der Waals surface area contributed by atoms with Gasteiger partial charge in [-0.2, -0.15) is 0 Å². The summed E-state index contributed by atoms with van der Waals surface area (Å²) in [5.41, 5.74) is -0.0533. The second-order valence-corrected chi connectivity index (χ2v) is 9.74. The molecule has 6 rings (SSSR count). The number of carbonyl (C=O) groups excluding carboxylic acids is 1. The maximum atomic E-state index is 14.0. The van der Waals surface area contributed by atoms with Crippen LogP contribution in [0.3, 0.4) is 0 Å². The molecule has 0 aliphatic carbocycles. The Bertz CT molecular complexity index is 2150. The van der Waals surface area contributed by atoms with Crippen molar-refractivity contribution < 1.29 is 48.3 Å². The summed E-state index contributed by atoms with van der Waals surface area (Å²) in [6.07, 6.45) is 0. The van der Waals surface area contributed by atoms with Gasteiger partial charge in [0.1, 0.15) is 45.3 Å². The molecule has 0 spiro atoms. The van der Waals surface area contributed by atoms with Gasteiger partial charge >= 0.3 is 0 Å². The van der Waals surface area contributed by atoms with E-state index >= 15 is 0 Å². The lowest BCUT2D eigenvalue weighted by Gasteiger charge is -2.11. The number of phenolic OH excluding ortho intramolecular Hbond substituents is 4. The number of methoxy groups -OCH3 is 3. The van der Waals surface area contributed by atoms with E-state index in [0.717, 1.165) is 12.1 Å². The Labute approximate surface area is 248 Å². The van der Waals surface area contributed by atoms with E-state index in [4.69, 9.17) is 23.0 Å². The van der Waals surface area contributed by atoms with Crippen molar-refractivity contribution in [3.63, 3.8) is 0 Å². The average Bonchev–Trinajstić information content (AvgIpc) is 3.40. The second-order valence-electron chi connectivity index (χ2n) is 9.74. The first-order valence-corrected chi connectivity index (χ1v) is 13.1. The van der Waals surface area contributed by atoms with Gasteiger partial charge < -0.3 is 43.5 Å². The Morgan fingerprint density at radius 2 is 1.43 bits per heavy atom. The Kier molecular flexibility index (Phi) is 6.77. The fraction of sp³-hybridized carbons (Fsp3) is 0.0909. The van der Waals surface area contributed by atoms with Crippen LogP contribution in [-0.4, -0.2) is 47.5 Å². The van der Waals surface area contributed by atoms with Gasteiger partial charge in [0.2, 0.25) is 5.78 Å². The maximum absolute atomic E-state index is 14.0. The number of hydrogen-bond acceptors (Lipinski definition) is 11. The minimum Gasteiger partial charge on any atom is -0.508 e. The van der Waals surface area contributed by atoms with E-state index < -0.39 is 22.7 Å². The van der Waals surface area contributed by atoms with Crippen molar-refractivity contribution >= 4 is 27.7 Å². The van der Waals surface area contributed by atoms with Crippen LogP contribution in [0.15, 0.2) is 80.4 Å². The number of rotatable bonds is 7. The second kappa shape index (κ2) is 10.6. The van der Waals surface area contributed by atoms with Crippen molar-refractivity contribution in [3.05, 3.63) is 88.3 Å². The lowest BCUT2D eigenvalue weighted by molar-refractivity contribution is 0.101. The number of phenols is 4. The molecule has 0 unspecified atom stereocenters. The molecule has 2 heterocycles. The van der Waals surface area contributed by atoms with Gasteiger partial charge in [-0.05, 0) is 48.0 Å². The van der Waals surface area contributed by atoms with E-state index in [2.05, 4.69) is 0 Å². The Morgan fingerprint density at radius 3 is 2.11 bits per heavy atom. The van der Waals surface area contributed by atoms with Gasteiger partial charge in [-0.15, -0.1) is 0 Å². The van der Waals surface area contributed by atoms with Gasteiger partial charge in [0, 0.05) is 34.7 Å². The van der Waals surface area contributed by atoms with E-state index in [1.165, 1.54) is 51.7 Å². The van der Waals surface area contributed by atoms with E-state index in [-0.39, 0.29) is 67.6 Å². The summed E-state index contributed by atoms with van der Waals surface area (Å²) in [5, 5.41) is 42.2. The van der Waals surface area contributed by atoms with Crippen LogP contribution in [-0.2, 0) is 0 Å². The molecule has 2 aromatic heterocycles. The zero-order valence-corrected chi connectivity index (χ0v) is 23.5. The summed E-state index contributed by atoms with van der Waals surface area (Å²) < 4.78 is 27.8. The predicted molar refractivity (Wildman–Crippen MR) is 159 cm³/mol. The number of fused-ring (bicyclic) bond motifs is 2. The van der Waals surface area contributed by atoms with Gasteiger partial charge in [0.15, 0.2) is 34.0 Å². The third-order valence-electron chi connectivity index (χ3n) is 7.21. The van der Waals surface area contributed by atoms with Gasteiger partial charge in [0.25, 0.3) is 0 Å². The van der Waals surface area contributed by atoms with E-state index in [1.54, 1.807) is 24.3 Å². The summed E-state index contributed by atoms with van der Waals surface area (Å²) in [6, 6.07) is 15.9. The van der Waals surface area contributed by atoms with Crippen molar-refractivity contribution in [2.45, 2.75) is 0 Å². The number of ketones is 1.